The van der Waals surface area contributed by atoms with E-state index in [-0.39, 0.29) is 24.6 Å². The zero-order valence-electron chi connectivity index (χ0n) is 24.2. The van der Waals surface area contributed by atoms with E-state index in [0.717, 1.165) is 36.2 Å². The monoisotopic (exact) mass is 510 g/mol. The predicted molar refractivity (Wildman–Crippen MR) is 155 cm³/mol. The van der Waals surface area contributed by atoms with Gasteiger partial charge in [-0.15, -0.1) is 0 Å². The molecule has 2 rings (SSSR count). The quantitative estimate of drug-likeness (QED) is 0.109. The minimum Gasteiger partial charge on any atom is -0.487 e. The minimum atomic E-state index is -0.188. The van der Waals surface area contributed by atoms with Crippen LogP contribution in [0.1, 0.15) is 89.7 Å². The van der Waals surface area contributed by atoms with E-state index in [1.165, 1.54) is 62.5 Å². The Balaban J connectivity index is 1.68. The lowest BCUT2D eigenvalue weighted by Crippen LogP contribution is -2.45. The number of carbonyl (C=O) groups excluding carboxylic acids is 1. The Morgan fingerprint density at radius 1 is 0.811 bits per heavy atom. The lowest BCUT2D eigenvalue weighted by atomic mass is 10.0. The maximum absolute atomic E-state index is 12.8. The van der Waals surface area contributed by atoms with Crippen molar-refractivity contribution in [1.29, 1.82) is 0 Å². The lowest BCUT2D eigenvalue weighted by molar-refractivity contribution is -0.906. The van der Waals surface area contributed by atoms with E-state index < -0.39 is 0 Å². The molecule has 0 aromatic heterocycles. The molecule has 0 heterocycles. The Hall–Kier alpha value is -2.33. The molecule has 0 saturated heterocycles. The molecule has 0 amide bonds. The number of hydrogen-bond acceptors (Lipinski definition) is 3. The third-order valence-corrected chi connectivity index (χ3v) is 7.03. The van der Waals surface area contributed by atoms with Crippen molar-refractivity contribution >= 4 is 5.97 Å². The van der Waals surface area contributed by atoms with Gasteiger partial charge in [-0.25, -0.2) is 0 Å². The third kappa shape index (κ3) is 13.2. The van der Waals surface area contributed by atoms with E-state index >= 15 is 0 Å². The van der Waals surface area contributed by atoms with Crippen molar-refractivity contribution in [2.45, 2.75) is 97.6 Å². The highest BCUT2D eigenvalue weighted by Gasteiger charge is 2.28. The van der Waals surface area contributed by atoms with Gasteiger partial charge in [0, 0.05) is 5.56 Å². The van der Waals surface area contributed by atoms with Gasteiger partial charge in [-0.2, -0.15) is 0 Å². The summed E-state index contributed by atoms with van der Waals surface area (Å²) in [5.41, 5.74) is 2.64. The zero-order chi connectivity index (χ0) is 26.9. The largest absolute Gasteiger partial charge is 0.487 e. The zero-order valence-corrected chi connectivity index (χ0v) is 24.2. The van der Waals surface area contributed by atoms with Crippen LogP contribution in [0.3, 0.4) is 0 Å². The number of ether oxygens (including phenoxy) is 2. The summed E-state index contributed by atoms with van der Waals surface area (Å²) in [5.74, 6) is 0.579. The fraction of sp³-hybridized carbons (Fsp3) is 0.606. The number of hydrogen-bond donors (Lipinski definition) is 0. The van der Waals surface area contributed by atoms with Gasteiger partial charge in [0.15, 0.2) is 0 Å². The van der Waals surface area contributed by atoms with Crippen molar-refractivity contribution in [2.24, 2.45) is 5.92 Å². The van der Waals surface area contributed by atoms with Crippen molar-refractivity contribution in [3.05, 3.63) is 65.7 Å². The summed E-state index contributed by atoms with van der Waals surface area (Å²) >= 11 is 0. The summed E-state index contributed by atoms with van der Waals surface area (Å²) in [4.78, 5) is 12.8. The van der Waals surface area contributed by atoms with Gasteiger partial charge in [-0.3, -0.25) is 4.79 Å². The Morgan fingerprint density at radius 2 is 1.43 bits per heavy atom. The second-order valence-corrected chi connectivity index (χ2v) is 11.3. The highest BCUT2D eigenvalue weighted by atomic mass is 16.6. The van der Waals surface area contributed by atoms with Crippen LogP contribution < -0.4 is 4.74 Å². The van der Waals surface area contributed by atoms with Gasteiger partial charge in [-0.1, -0.05) is 101 Å². The first-order valence-electron chi connectivity index (χ1n) is 14.6. The van der Waals surface area contributed by atoms with Crippen molar-refractivity contribution in [3.8, 4) is 5.75 Å². The fourth-order valence-electron chi connectivity index (χ4n) is 4.89. The number of esters is 1. The van der Waals surface area contributed by atoms with Crippen LogP contribution in [-0.2, 0) is 22.5 Å². The molecule has 0 aliphatic carbocycles. The Bertz CT molecular complexity index is 863. The molecule has 0 bridgehead atoms. The summed E-state index contributed by atoms with van der Waals surface area (Å²) in [7, 11) is 4.35. The number of aryl methyl sites for hydroxylation is 1. The lowest BCUT2D eigenvalue weighted by Gasteiger charge is -2.32. The molecule has 0 aliphatic heterocycles. The van der Waals surface area contributed by atoms with E-state index in [1.807, 2.05) is 25.1 Å². The summed E-state index contributed by atoms with van der Waals surface area (Å²) in [6.45, 7) is 8.19. The van der Waals surface area contributed by atoms with Crippen LogP contribution in [0.15, 0.2) is 54.6 Å². The first-order chi connectivity index (χ1) is 17.8. The molecule has 0 fully saturated rings. The van der Waals surface area contributed by atoms with Crippen LogP contribution in [0.4, 0.5) is 0 Å². The molecular formula is C33H52NO3+. The normalized spacial score (nSPS) is 13.2. The summed E-state index contributed by atoms with van der Waals surface area (Å²) in [6.07, 6.45) is 12.5. The van der Waals surface area contributed by atoms with Crippen LogP contribution in [-0.4, -0.2) is 43.8 Å². The van der Waals surface area contributed by atoms with Crippen molar-refractivity contribution in [2.75, 3.05) is 27.2 Å². The molecule has 4 heteroatoms. The predicted octanol–water partition coefficient (Wildman–Crippen LogP) is 7.98. The van der Waals surface area contributed by atoms with Crippen LogP contribution in [0.5, 0.6) is 5.75 Å². The van der Waals surface area contributed by atoms with Gasteiger partial charge in [0.2, 0.25) is 0 Å². The van der Waals surface area contributed by atoms with Gasteiger partial charge in [0.05, 0.1) is 20.6 Å². The second kappa shape index (κ2) is 17.2. The van der Waals surface area contributed by atoms with Gasteiger partial charge in [0.1, 0.15) is 30.9 Å². The molecule has 37 heavy (non-hydrogen) atoms. The summed E-state index contributed by atoms with van der Waals surface area (Å²) in [6, 6.07) is 18.8. The maximum atomic E-state index is 12.8. The molecule has 0 radical (unpaired) electrons. The van der Waals surface area contributed by atoms with Gasteiger partial charge < -0.3 is 14.0 Å². The topological polar surface area (TPSA) is 35.5 Å². The molecule has 0 aliphatic rings. The maximum Gasteiger partial charge on any atom is 0.314 e. The summed E-state index contributed by atoms with van der Waals surface area (Å²) in [5, 5.41) is 0. The molecule has 4 nitrogen and oxygen atoms in total. The number of benzene rings is 2. The fourth-order valence-corrected chi connectivity index (χ4v) is 4.89. The first kappa shape index (κ1) is 30.9. The molecule has 0 spiro atoms. The van der Waals surface area contributed by atoms with Crippen LogP contribution in [0.25, 0.3) is 0 Å². The van der Waals surface area contributed by atoms with Crippen LogP contribution >= 0.6 is 0 Å². The Kier molecular flexibility index (Phi) is 14.4. The Labute approximate surface area is 227 Å². The molecule has 2 atom stereocenters. The van der Waals surface area contributed by atoms with E-state index in [0.29, 0.717) is 0 Å². The van der Waals surface area contributed by atoms with E-state index in [4.69, 9.17) is 9.47 Å². The number of nitrogens with zero attached hydrogens (tertiary/aromatic N) is 1. The second-order valence-electron chi connectivity index (χ2n) is 11.3. The van der Waals surface area contributed by atoms with E-state index in [1.54, 1.807) is 0 Å². The first-order valence-corrected chi connectivity index (χ1v) is 14.6. The highest BCUT2D eigenvalue weighted by molar-refractivity contribution is 5.72. The molecular weight excluding hydrogens is 458 g/mol. The van der Waals surface area contributed by atoms with Crippen molar-refractivity contribution in [1.82, 2.24) is 0 Å². The van der Waals surface area contributed by atoms with E-state index in [9.17, 15) is 4.79 Å². The Morgan fingerprint density at radius 3 is 2.05 bits per heavy atom. The molecule has 0 saturated carbocycles. The highest BCUT2D eigenvalue weighted by Crippen LogP contribution is 2.19. The minimum absolute atomic E-state index is 0.124. The molecule has 2 aromatic rings. The van der Waals surface area contributed by atoms with E-state index in [2.05, 4.69) is 64.3 Å². The smallest absolute Gasteiger partial charge is 0.314 e. The molecule has 206 valence electrons. The van der Waals surface area contributed by atoms with Crippen molar-refractivity contribution in [3.63, 3.8) is 0 Å². The van der Waals surface area contributed by atoms with Crippen LogP contribution in [0, 0.1) is 5.92 Å². The van der Waals surface area contributed by atoms with Gasteiger partial charge in [0.25, 0.3) is 0 Å². The third-order valence-electron chi connectivity index (χ3n) is 7.03. The molecule has 2 aromatic carbocycles. The SMILES string of the molecule is CCCCCCCCCCc1ccc(OC(C)COC(=O)C(CC)C[N+](C)(C)Cc2ccccc2)cc1. The number of quaternary nitrogens is 1. The standard InChI is InChI=1S/C33H52NO3/c1-6-8-9-10-11-12-13-15-18-29-21-23-32(24-22-29)37-28(3)27-36-33(35)31(7-2)26-34(4,5)25-30-19-16-14-17-20-30/h14,16-17,19-24,28,31H,6-13,15,18,25-27H2,1-5H3/q+1. The average Bonchev–Trinajstić information content (AvgIpc) is 2.88. The average molecular weight is 511 g/mol. The number of carbonyl (C=O) groups is 1. The molecule has 2 unspecified atom stereocenters. The molecule has 0 N–H and O–H groups in total. The van der Waals surface area contributed by atoms with Crippen LogP contribution in [0.2, 0.25) is 0 Å². The number of rotatable bonds is 19. The number of unbranched alkanes of at least 4 members (excludes halogenated alkanes) is 7. The van der Waals surface area contributed by atoms with Gasteiger partial charge >= 0.3 is 5.97 Å². The van der Waals surface area contributed by atoms with Crippen molar-refractivity contribution < 1.29 is 18.8 Å². The summed E-state index contributed by atoms with van der Waals surface area (Å²) < 4.78 is 12.4. The van der Waals surface area contributed by atoms with Gasteiger partial charge in [-0.05, 0) is 43.9 Å².